The summed E-state index contributed by atoms with van der Waals surface area (Å²) < 4.78 is 0. The molecule has 1 spiro atoms. The van der Waals surface area contributed by atoms with E-state index in [1.807, 2.05) is 47.4 Å². The van der Waals surface area contributed by atoms with Crippen LogP contribution in [-0.2, 0) is 9.59 Å². The van der Waals surface area contributed by atoms with E-state index in [1.54, 1.807) is 6.20 Å². The van der Waals surface area contributed by atoms with Gasteiger partial charge in [0.2, 0.25) is 11.8 Å². The summed E-state index contributed by atoms with van der Waals surface area (Å²) in [7, 11) is 0. The van der Waals surface area contributed by atoms with Crippen molar-refractivity contribution in [3.8, 4) is 6.07 Å². The van der Waals surface area contributed by atoms with Crippen LogP contribution in [-0.4, -0.2) is 110 Å². The van der Waals surface area contributed by atoms with Crippen molar-refractivity contribution >= 4 is 52.2 Å². The molecule has 2 atom stereocenters. The van der Waals surface area contributed by atoms with E-state index >= 15 is 0 Å². The first-order valence-electron chi connectivity index (χ1n) is 20.3. The van der Waals surface area contributed by atoms with Crippen molar-refractivity contribution in [2.75, 3.05) is 85.5 Å². The van der Waals surface area contributed by atoms with E-state index in [1.165, 1.54) is 0 Å². The summed E-state index contributed by atoms with van der Waals surface area (Å²) in [5.41, 5.74) is 4.54. The van der Waals surface area contributed by atoms with Gasteiger partial charge < -0.3 is 24.9 Å². The molecule has 56 heavy (non-hydrogen) atoms. The number of amides is 3. The maximum Gasteiger partial charge on any atom is 0.255 e. The first kappa shape index (κ1) is 38.0. The van der Waals surface area contributed by atoms with Gasteiger partial charge in [0.1, 0.15) is 17.9 Å². The monoisotopic (exact) mass is 777 g/mol. The minimum absolute atomic E-state index is 0.0750. The fourth-order valence-corrected chi connectivity index (χ4v) is 9.81. The molecule has 1 aromatic heterocycles. The number of carbonyl (C=O) groups is 3. The van der Waals surface area contributed by atoms with E-state index in [0.29, 0.717) is 41.0 Å². The largest absolute Gasteiger partial charge is 0.374 e. The van der Waals surface area contributed by atoms with E-state index in [4.69, 9.17) is 16.6 Å². The molecular formula is C43H52ClN9O3. The molecule has 2 unspecified atom stereocenters. The normalized spacial score (nSPS) is 23.3. The average Bonchev–Trinajstić information content (AvgIpc) is 3.54. The Kier molecular flexibility index (Phi) is 11.1. The number of pyridine rings is 1. The first-order chi connectivity index (χ1) is 27.1. The molecule has 3 amide bonds. The summed E-state index contributed by atoms with van der Waals surface area (Å²) in [6.07, 6.45) is 7.96. The zero-order valence-electron chi connectivity index (χ0n) is 32.3. The maximum absolute atomic E-state index is 13.5. The Hall–Kier alpha value is -4.86. The number of nitrogens with zero attached hydrogens (tertiary/aromatic N) is 7. The van der Waals surface area contributed by atoms with Crippen LogP contribution in [0.3, 0.4) is 0 Å². The average molecular weight is 778 g/mol. The number of carbonyl (C=O) groups excluding carboxylic acids is 3. The molecule has 5 fully saturated rings. The van der Waals surface area contributed by atoms with Crippen molar-refractivity contribution in [2.24, 2.45) is 11.3 Å². The van der Waals surface area contributed by atoms with Crippen molar-refractivity contribution in [3.63, 3.8) is 0 Å². The topological polar surface area (TPSA) is 128 Å². The van der Waals surface area contributed by atoms with Crippen LogP contribution >= 0.6 is 11.6 Å². The summed E-state index contributed by atoms with van der Waals surface area (Å²) >= 11 is 6.38. The molecule has 5 aliphatic heterocycles. The summed E-state index contributed by atoms with van der Waals surface area (Å²) in [5, 5.41) is 15.5. The molecule has 0 aliphatic carbocycles. The highest BCUT2D eigenvalue weighted by Gasteiger charge is 2.44. The number of piperidine rings is 3. The number of halogens is 1. The van der Waals surface area contributed by atoms with Crippen molar-refractivity contribution in [1.82, 2.24) is 20.1 Å². The standard InChI is InChI=1S/C43H52ClN9O3/c1-30-25-43(29-53(30)36-7-5-32(26-45)37(44)24-36)13-17-51(18-14-43)39-9-6-33(27-46-39)42(56)52-15-11-31(12-16-52)28-49-19-21-50(22-20-49)35-4-2-3-34(23-35)47-38-8-10-40(54)48-41(38)55/h2-7,9,23-24,27,30-31,38,47H,8,10-22,25,28-29H2,1H3,(H,48,54,55). The Labute approximate surface area is 334 Å². The summed E-state index contributed by atoms with van der Waals surface area (Å²) in [6, 6.07) is 20.1. The quantitative estimate of drug-likeness (QED) is 0.288. The van der Waals surface area contributed by atoms with Gasteiger partial charge in [-0.05, 0) is 105 Å². The number of likely N-dealkylation sites (tertiary alicyclic amines) is 1. The van der Waals surface area contributed by atoms with Crippen LogP contribution in [0, 0.1) is 22.7 Å². The van der Waals surface area contributed by atoms with Gasteiger partial charge in [-0.1, -0.05) is 17.7 Å². The summed E-state index contributed by atoms with van der Waals surface area (Å²) in [5.74, 6) is 1.12. The molecule has 5 aliphatic rings. The second-order valence-corrected chi connectivity index (χ2v) is 17.0. The molecule has 2 aromatic carbocycles. The van der Waals surface area contributed by atoms with Crippen LogP contribution in [0.1, 0.15) is 67.8 Å². The zero-order chi connectivity index (χ0) is 38.8. The number of hydrogen-bond acceptors (Lipinski definition) is 10. The van der Waals surface area contributed by atoms with Crippen molar-refractivity contribution < 1.29 is 14.4 Å². The molecule has 2 N–H and O–H groups in total. The third kappa shape index (κ3) is 8.30. The van der Waals surface area contributed by atoms with Crippen molar-refractivity contribution in [2.45, 2.75) is 64.0 Å². The maximum atomic E-state index is 13.5. The molecule has 12 nitrogen and oxygen atoms in total. The third-order valence-corrected chi connectivity index (χ3v) is 13.2. The number of hydrogen-bond donors (Lipinski definition) is 2. The smallest absolute Gasteiger partial charge is 0.255 e. The molecule has 5 saturated heterocycles. The number of nitriles is 1. The van der Waals surface area contributed by atoms with Crippen LogP contribution in [0.5, 0.6) is 0 Å². The van der Waals surface area contributed by atoms with Gasteiger partial charge in [-0.25, -0.2) is 4.98 Å². The van der Waals surface area contributed by atoms with Gasteiger partial charge in [-0.2, -0.15) is 5.26 Å². The van der Waals surface area contributed by atoms with E-state index in [2.05, 4.69) is 55.4 Å². The molecule has 0 radical (unpaired) electrons. The predicted octanol–water partition coefficient (Wildman–Crippen LogP) is 5.38. The lowest BCUT2D eigenvalue weighted by molar-refractivity contribution is -0.133. The van der Waals surface area contributed by atoms with Crippen LogP contribution in [0.25, 0.3) is 0 Å². The lowest BCUT2D eigenvalue weighted by Crippen LogP contribution is -2.49. The third-order valence-electron chi connectivity index (χ3n) is 12.9. The fourth-order valence-electron chi connectivity index (χ4n) is 9.59. The molecule has 8 rings (SSSR count). The highest BCUT2D eigenvalue weighted by atomic mass is 35.5. The molecule has 0 bridgehead atoms. The Morgan fingerprint density at radius 1 is 0.946 bits per heavy atom. The minimum atomic E-state index is -0.392. The minimum Gasteiger partial charge on any atom is -0.374 e. The molecular weight excluding hydrogens is 726 g/mol. The Bertz CT molecular complexity index is 1960. The van der Waals surface area contributed by atoms with Gasteiger partial charge >= 0.3 is 0 Å². The predicted molar refractivity (Wildman–Crippen MR) is 219 cm³/mol. The van der Waals surface area contributed by atoms with Crippen LogP contribution in [0.15, 0.2) is 60.8 Å². The van der Waals surface area contributed by atoms with Gasteiger partial charge in [0.05, 0.1) is 16.1 Å². The second-order valence-electron chi connectivity index (χ2n) is 16.6. The number of imide groups is 1. The highest BCUT2D eigenvalue weighted by Crippen LogP contribution is 2.46. The van der Waals surface area contributed by atoms with Crippen molar-refractivity contribution in [1.29, 1.82) is 5.26 Å². The summed E-state index contributed by atoms with van der Waals surface area (Å²) in [6.45, 7) is 11.6. The number of aromatic nitrogens is 1. The lowest BCUT2D eigenvalue weighted by Gasteiger charge is -2.40. The molecule has 294 valence electrons. The number of benzene rings is 2. The Morgan fingerprint density at radius 3 is 2.43 bits per heavy atom. The Morgan fingerprint density at radius 2 is 1.73 bits per heavy atom. The fraction of sp³-hybridized carbons (Fsp3) is 0.512. The zero-order valence-corrected chi connectivity index (χ0v) is 33.0. The van der Waals surface area contributed by atoms with Crippen LogP contribution in [0.4, 0.5) is 22.9 Å². The number of anilines is 4. The van der Waals surface area contributed by atoms with Gasteiger partial charge in [-0.15, -0.1) is 0 Å². The SMILES string of the molecule is CC1CC2(CCN(c3ccc(C(=O)N4CCC(CN5CCN(c6cccc(NC7CCC(=O)NC7=O)c6)CC5)CC4)cn3)CC2)CN1c1ccc(C#N)c(Cl)c1. The number of piperazine rings is 1. The summed E-state index contributed by atoms with van der Waals surface area (Å²) in [4.78, 5) is 53.8. The van der Waals surface area contributed by atoms with Crippen LogP contribution in [0.2, 0.25) is 5.02 Å². The van der Waals surface area contributed by atoms with E-state index in [-0.39, 0.29) is 23.1 Å². The Balaban J connectivity index is 0.762. The molecule has 3 aromatic rings. The van der Waals surface area contributed by atoms with E-state index < -0.39 is 6.04 Å². The molecule has 13 heteroatoms. The van der Waals surface area contributed by atoms with E-state index in [9.17, 15) is 19.6 Å². The van der Waals surface area contributed by atoms with Gasteiger partial charge in [0.15, 0.2) is 0 Å². The molecule has 0 saturated carbocycles. The van der Waals surface area contributed by atoms with Gasteiger partial charge in [-0.3, -0.25) is 24.6 Å². The highest BCUT2D eigenvalue weighted by molar-refractivity contribution is 6.32. The van der Waals surface area contributed by atoms with Gasteiger partial charge in [0.25, 0.3) is 5.91 Å². The second kappa shape index (κ2) is 16.3. The number of nitrogens with one attached hydrogen (secondary N) is 2. The number of rotatable bonds is 8. The molecule has 6 heterocycles. The van der Waals surface area contributed by atoms with Crippen LogP contribution < -0.4 is 25.3 Å². The van der Waals surface area contributed by atoms with E-state index in [0.717, 1.165) is 120 Å². The lowest BCUT2D eigenvalue weighted by atomic mass is 9.77. The first-order valence-corrected chi connectivity index (χ1v) is 20.7. The van der Waals surface area contributed by atoms with Gasteiger partial charge in [0, 0.05) is 101 Å². The van der Waals surface area contributed by atoms with Crippen molar-refractivity contribution in [3.05, 3.63) is 76.9 Å².